The van der Waals surface area contributed by atoms with Crippen LogP contribution in [0.2, 0.25) is 0 Å². The minimum atomic E-state index is -0.117. The van der Waals surface area contributed by atoms with Crippen LogP contribution in [0.15, 0.2) is 41.8 Å². The molecular formula is C19H22N4OS. The second-order valence-corrected chi connectivity index (χ2v) is 6.99. The van der Waals surface area contributed by atoms with Crippen LogP contribution in [-0.2, 0) is 6.42 Å². The Morgan fingerprint density at radius 3 is 2.80 bits per heavy atom. The molecule has 1 atom stereocenters. The van der Waals surface area contributed by atoms with Gasteiger partial charge in [-0.2, -0.15) is 5.10 Å². The molecule has 0 unspecified atom stereocenters. The average molecular weight is 354 g/mol. The van der Waals surface area contributed by atoms with Crippen molar-refractivity contribution in [3.63, 3.8) is 0 Å². The monoisotopic (exact) mass is 354 g/mol. The maximum absolute atomic E-state index is 12.7. The largest absolute Gasteiger partial charge is 0.332 e. The molecule has 0 saturated heterocycles. The maximum Gasteiger partial charge on any atom is 0.273 e. The molecule has 3 aromatic rings. The minimum absolute atomic E-state index is 0.0676. The summed E-state index contributed by atoms with van der Waals surface area (Å²) in [6.45, 7) is 4.10. The molecule has 0 aliphatic rings. The van der Waals surface area contributed by atoms with E-state index in [-0.39, 0.29) is 11.9 Å². The number of aromatic nitrogens is 3. The van der Waals surface area contributed by atoms with Gasteiger partial charge in [0.15, 0.2) is 0 Å². The van der Waals surface area contributed by atoms with Gasteiger partial charge in [0.25, 0.3) is 5.91 Å². The molecule has 0 spiro atoms. The molecule has 1 N–H and O–H groups in total. The number of hydrogen-bond donors (Lipinski definition) is 1. The molecule has 5 nitrogen and oxygen atoms in total. The molecule has 3 rings (SSSR count). The van der Waals surface area contributed by atoms with Crippen molar-refractivity contribution in [3.8, 4) is 11.3 Å². The molecule has 0 aliphatic carbocycles. The molecule has 6 heteroatoms. The van der Waals surface area contributed by atoms with Gasteiger partial charge < -0.3 is 4.90 Å². The van der Waals surface area contributed by atoms with Gasteiger partial charge in [0.1, 0.15) is 5.69 Å². The van der Waals surface area contributed by atoms with E-state index in [1.165, 1.54) is 0 Å². The van der Waals surface area contributed by atoms with Crippen molar-refractivity contribution in [2.75, 3.05) is 7.05 Å². The Morgan fingerprint density at radius 2 is 2.08 bits per heavy atom. The van der Waals surface area contributed by atoms with Crippen LogP contribution in [0.1, 0.15) is 47.5 Å². The van der Waals surface area contributed by atoms with Crippen LogP contribution in [-0.4, -0.2) is 33.0 Å². The summed E-state index contributed by atoms with van der Waals surface area (Å²) < 4.78 is 0. The van der Waals surface area contributed by atoms with Gasteiger partial charge in [-0.15, -0.1) is 11.3 Å². The molecule has 2 aromatic heterocycles. The highest BCUT2D eigenvalue weighted by atomic mass is 32.1. The fourth-order valence-electron chi connectivity index (χ4n) is 2.61. The van der Waals surface area contributed by atoms with E-state index >= 15 is 0 Å². The third kappa shape index (κ3) is 3.79. The van der Waals surface area contributed by atoms with Crippen LogP contribution in [0.25, 0.3) is 11.3 Å². The summed E-state index contributed by atoms with van der Waals surface area (Å²) >= 11 is 1.55. The van der Waals surface area contributed by atoms with Gasteiger partial charge in [-0.1, -0.05) is 37.3 Å². The standard InChI is InChI=1S/C19H22N4OS/c1-4-8-18-20-17(12-25-18)19(24)23(3)13(2)15-11-16(22-21-15)14-9-6-5-7-10-14/h5-7,9-13H,4,8H2,1-3H3,(H,21,22)/t13-/m1/s1. The summed E-state index contributed by atoms with van der Waals surface area (Å²) in [5.74, 6) is -0.0676. The number of H-pyrrole nitrogens is 1. The molecule has 25 heavy (non-hydrogen) atoms. The van der Waals surface area contributed by atoms with Gasteiger partial charge in [0, 0.05) is 18.0 Å². The lowest BCUT2D eigenvalue weighted by Crippen LogP contribution is -2.30. The third-order valence-electron chi connectivity index (χ3n) is 4.25. The van der Waals surface area contributed by atoms with Gasteiger partial charge in [-0.3, -0.25) is 9.89 Å². The van der Waals surface area contributed by atoms with Crippen molar-refractivity contribution < 1.29 is 4.79 Å². The number of aromatic amines is 1. The van der Waals surface area contributed by atoms with E-state index in [2.05, 4.69) is 22.1 Å². The highest BCUT2D eigenvalue weighted by Crippen LogP contribution is 2.24. The number of carbonyl (C=O) groups excluding carboxylic acids is 1. The van der Waals surface area contributed by atoms with Gasteiger partial charge in [-0.05, 0) is 25.8 Å². The predicted octanol–water partition coefficient (Wildman–Crippen LogP) is 4.32. The lowest BCUT2D eigenvalue weighted by atomic mass is 10.1. The van der Waals surface area contributed by atoms with Crippen molar-refractivity contribution in [2.45, 2.75) is 32.7 Å². The van der Waals surface area contributed by atoms with Crippen LogP contribution in [0.4, 0.5) is 0 Å². The SMILES string of the molecule is CCCc1nc(C(=O)N(C)[C@H](C)c2cc(-c3ccccc3)n[nH]2)cs1. The first-order chi connectivity index (χ1) is 12.1. The van der Waals surface area contributed by atoms with Crippen molar-refractivity contribution in [1.29, 1.82) is 0 Å². The van der Waals surface area contributed by atoms with Gasteiger partial charge in [0.05, 0.1) is 22.4 Å². The highest BCUT2D eigenvalue weighted by molar-refractivity contribution is 7.09. The van der Waals surface area contributed by atoms with E-state index < -0.39 is 0 Å². The van der Waals surface area contributed by atoms with Crippen LogP contribution in [0, 0.1) is 0 Å². The third-order valence-corrected chi connectivity index (χ3v) is 5.16. The lowest BCUT2D eigenvalue weighted by Gasteiger charge is -2.23. The minimum Gasteiger partial charge on any atom is -0.332 e. The Kier molecular flexibility index (Phi) is 5.28. The quantitative estimate of drug-likeness (QED) is 0.717. The summed E-state index contributed by atoms with van der Waals surface area (Å²) in [7, 11) is 1.80. The highest BCUT2D eigenvalue weighted by Gasteiger charge is 2.22. The molecular weight excluding hydrogens is 332 g/mol. The molecule has 0 fully saturated rings. The predicted molar refractivity (Wildman–Crippen MR) is 101 cm³/mol. The zero-order chi connectivity index (χ0) is 17.8. The average Bonchev–Trinajstić information content (AvgIpc) is 3.31. The van der Waals surface area contributed by atoms with Crippen molar-refractivity contribution in [2.24, 2.45) is 0 Å². The zero-order valence-electron chi connectivity index (χ0n) is 14.7. The molecule has 0 bridgehead atoms. The van der Waals surface area contributed by atoms with E-state index in [1.807, 2.05) is 48.7 Å². The lowest BCUT2D eigenvalue weighted by molar-refractivity contribution is 0.0734. The normalized spacial score (nSPS) is 12.1. The molecule has 0 radical (unpaired) electrons. The first-order valence-corrected chi connectivity index (χ1v) is 9.30. The van der Waals surface area contributed by atoms with E-state index in [1.54, 1.807) is 23.3 Å². The first kappa shape index (κ1) is 17.4. The topological polar surface area (TPSA) is 61.9 Å². The Morgan fingerprint density at radius 1 is 1.32 bits per heavy atom. The van der Waals surface area contributed by atoms with Gasteiger partial charge in [0.2, 0.25) is 0 Å². The van der Waals surface area contributed by atoms with Crippen LogP contribution < -0.4 is 0 Å². The molecule has 1 amide bonds. The van der Waals surface area contributed by atoms with E-state index in [9.17, 15) is 4.79 Å². The maximum atomic E-state index is 12.7. The Hall–Kier alpha value is -2.47. The zero-order valence-corrected chi connectivity index (χ0v) is 15.5. The number of aryl methyl sites for hydroxylation is 1. The van der Waals surface area contributed by atoms with E-state index in [0.717, 1.165) is 34.8 Å². The van der Waals surface area contributed by atoms with Crippen molar-refractivity contribution >= 4 is 17.2 Å². The molecule has 0 saturated carbocycles. The molecule has 1 aromatic carbocycles. The number of thiazole rings is 1. The van der Waals surface area contributed by atoms with Gasteiger partial charge in [-0.25, -0.2) is 4.98 Å². The summed E-state index contributed by atoms with van der Waals surface area (Å²) in [5.41, 5.74) is 3.35. The fourth-order valence-corrected chi connectivity index (χ4v) is 3.48. The first-order valence-electron chi connectivity index (χ1n) is 8.42. The number of carbonyl (C=O) groups is 1. The number of nitrogens with one attached hydrogen (secondary N) is 1. The molecule has 0 aliphatic heterocycles. The van der Waals surface area contributed by atoms with Crippen molar-refractivity contribution in [3.05, 3.63) is 58.2 Å². The van der Waals surface area contributed by atoms with Crippen molar-refractivity contribution in [1.82, 2.24) is 20.1 Å². The Bertz CT molecular complexity index is 840. The number of hydrogen-bond acceptors (Lipinski definition) is 4. The number of benzene rings is 1. The van der Waals surface area contributed by atoms with Crippen LogP contribution >= 0.6 is 11.3 Å². The Labute approximate surface area is 151 Å². The fraction of sp³-hybridized carbons (Fsp3) is 0.316. The summed E-state index contributed by atoms with van der Waals surface area (Å²) in [6, 6.07) is 11.9. The smallest absolute Gasteiger partial charge is 0.273 e. The molecule has 2 heterocycles. The summed E-state index contributed by atoms with van der Waals surface area (Å²) in [6.07, 6.45) is 1.95. The number of amides is 1. The number of rotatable bonds is 6. The van der Waals surface area contributed by atoms with E-state index in [4.69, 9.17) is 0 Å². The van der Waals surface area contributed by atoms with Crippen LogP contribution in [0.5, 0.6) is 0 Å². The summed E-state index contributed by atoms with van der Waals surface area (Å²) in [4.78, 5) is 18.8. The second kappa shape index (κ2) is 7.61. The summed E-state index contributed by atoms with van der Waals surface area (Å²) in [5, 5.41) is 10.3. The van der Waals surface area contributed by atoms with Gasteiger partial charge >= 0.3 is 0 Å². The number of nitrogens with zero attached hydrogens (tertiary/aromatic N) is 3. The second-order valence-electron chi connectivity index (χ2n) is 6.04. The van der Waals surface area contributed by atoms with E-state index in [0.29, 0.717) is 5.69 Å². The van der Waals surface area contributed by atoms with Crippen LogP contribution in [0.3, 0.4) is 0 Å². The Balaban J connectivity index is 1.74. The molecule has 130 valence electrons.